The molecule has 0 aromatic carbocycles. The molecule has 1 heterocycles. The van der Waals surface area contributed by atoms with Gasteiger partial charge in [0, 0.05) is 17.1 Å². The molecule has 0 aromatic heterocycles. The predicted molar refractivity (Wildman–Crippen MR) is 84.8 cm³/mol. The van der Waals surface area contributed by atoms with Crippen LogP contribution in [0.15, 0.2) is 46.3 Å². The highest BCUT2D eigenvalue weighted by Crippen LogP contribution is 2.46. The first kappa shape index (κ1) is 14.4. The van der Waals surface area contributed by atoms with Gasteiger partial charge in [0.1, 0.15) is 11.4 Å². The van der Waals surface area contributed by atoms with Crippen LogP contribution < -0.4 is 0 Å². The number of fused-ring (bicyclic) bond motifs is 2. The van der Waals surface area contributed by atoms with Gasteiger partial charge >= 0.3 is 0 Å². The molecule has 112 valence electrons. The van der Waals surface area contributed by atoms with Crippen LogP contribution in [-0.2, 0) is 9.53 Å². The number of carbonyl (C=O) groups excluding carboxylic acids is 1. The van der Waals surface area contributed by atoms with Crippen molar-refractivity contribution in [3.63, 3.8) is 0 Å². The molecule has 2 nitrogen and oxygen atoms in total. The lowest BCUT2D eigenvalue weighted by Gasteiger charge is -2.40. The molecule has 0 aromatic rings. The number of hydrogen-bond donors (Lipinski definition) is 0. The first-order chi connectivity index (χ1) is 9.91. The molecule has 0 saturated heterocycles. The maximum absolute atomic E-state index is 12.6. The first-order valence-electron chi connectivity index (χ1n) is 7.95. The minimum Gasteiger partial charge on any atom is -0.482 e. The van der Waals surface area contributed by atoms with E-state index in [2.05, 4.69) is 39.0 Å². The number of rotatable bonds is 1. The quantitative estimate of drug-likeness (QED) is 0.656. The number of ketones is 1. The van der Waals surface area contributed by atoms with E-state index < -0.39 is 0 Å². The normalized spacial score (nSPS) is 31.6. The Morgan fingerprint density at radius 1 is 1.33 bits per heavy atom. The molecule has 0 fully saturated rings. The number of allylic oxidation sites excluding steroid dienone is 5. The van der Waals surface area contributed by atoms with Gasteiger partial charge in [0.25, 0.3) is 0 Å². The van der Waals surface area contributed by atoms with Crippen molar-refractivity contribution >= 4 is 5.78 Å². The molecule has 0 bridgehead atoms. The van der Waals surface area contributed by atoms with Crippen LogP contribution in [0, 0.1) is 5.92 Å². The lowest BCUT2D eigenvalue weighted by Crippen LogP contribution is -2.37. The van der Waals surface area contributed by atoms with Gasteiger partial charge in [0.15, 0.2) is 5.78 Å². The van der Waals surface area contributed by atoms with E-state index in [0.717, 1.165) is 37.0 Å². The summed E-state index contributed by atoms with van der Waals surface area (Å²) in [5.41, 5.74) is 4.22. The minimum atomic E-state index is -0.290. The van der Waals surface area contributed by atoms with Crippen LogP contribution in [0.3, 0.4) is 0 Å². The Morgan fingerprint density at radius 3 is 2.76 bits per heavy atom. The van der Waals surface area contributed by atoms with Gasteiger partial charge in [-0.3, -0.25) is 4.79 Å². The number of carbonyl (C=O) groups is 1. The van der Waals surface area contributed by atoms with Crippen molar-refractivity contribution in [3.05, 3.63) is 46.3 Å². The highest BCUT2D eigenvalue weighted by molar-refractivity contribution is 6.03. The van der Waals surface area contributed by atoms with E-state index in [9.17, 15) is 4.79 Å². The molecule has 0 saturated carbocycles. The highest BCUT2D eigenvalue weighted by atomic mass is 16.5. The Morgan fingerprint density at radius 2 is 2.05 bits per heavy atom. The van der Waals surface area contributed by atoms with Gasteiger partial charge in [-0.2, -0.15) is 0 Å². The second-order valence-corrected chi connectivity index (χ2v) is 6.88. The van der Waals surface area contributed by atoms with Gasteiger partial charge in [-0.25, -0.2) is 0 Å². The largest absolute Gasteiger partial charge is 0.482 e. The van der Waals surface area contributed by atoms with E-state index in [1.165, 1.54) is 16.7 Å². The Kier molecular flexibility index (Phi) is 3.43. The molecule has 3 aliphatic rings. The summed E-state index contributed by atoms with van der Waals surface area (Å²) in [6.45, 7) is 8.34. The van der Waals surface area contributed by atoms with Crippen molar-refractivity contribution < 1.29 is 9.53 Å². The third-order valence-electron chi connectivity index (χ3n) is 4.67. The van der Waals surface area contributed by atoms with Crippen LogP contribution in [0.1, 0.15) is 53.4 Å². The van der Waals surface area contributed by atoms with Crippen molar-refractivity contribution in [1.82, 2.24) is 0 Å². The van der Waals surface area contributed by atoms with E-state index in [4.69, 9.17) is 4.74 Å². The number of hydrogen-bond acceptors (Lipinski definition) is 2. The second-order valence-electron chi connectivity index (χ2n) is 6.88. The molecule has 2 heteroatoms. The lowest BCUT2D eigenvalue weighted by atomic mass is 9.74. The molecular formula is C19H24O2. The van der Waals surface area contributed by atoms with Gasteiger partial charge in [0.2, 0.25) is 0 Å². The lowest BCUT2D eigenvalue weighted by molar-refractivity contribution is -0.119. The summed E-state index contributed by atoms with van der Waals surface area (Å²) in [7, 11) is 0. The topological polar surface area (TPSA) is 26.3 Å². The summed E-state index contributed by atoms with van der Waals surface area (Å²) in [5.74, 6) is 1.11. The molecule has 0 radical (unpaired) electrons. The van der Waals surface area contributed by atoms with Crippen molar-refractivity contribution in [2.75, 3.05) is 0 Å². The van der Waals surface area contributed by atoms with Crippen molar-refractivity contribution in [1.29, 1.82) is 0 Å². The standard InChI is InChI=1S/C19H24O2/c1-12(2)11-19(4)10-9-16-17(20)13(3)14-7-5-6-8-15(14)18(16)21-19/h7-8,11,13H,5-6,9-10H2,1-4H3. The summed E-state index contributed by atoms with van der Waals surface area (Å²) in [6.07, 6.45) is 10.4. The zero-order valence-electron chi connectivity index (χ0n) is 13.5. The fourth-order valence-corrected chi connectivity index (χ4v) is 3.73. The van der Waals surface area contributed by atoms with E-state index in [1.54, 1.807) is 0 Å². The summed E-state index contributed by atoms with van der Waals surface area (Å²) in [4.78, 5) is 12.6. The van der Waals surface area contributed by atoms with Gasteiger partial charge in [-0.1, -0.05) is 24.6 Å². The van der Waals surface area contributed by atoms with Crippen LogP contribution in [0.25, 0.3) is 0 Å². The SMILES string of the molecule is CC(C)=CC1(C)CCC2=C(O1)C1=CCCC=C1C(C)C2=O. The third kappa shape index (κ3) is 2.41. The van der Waals surface area contributed by atoms with Crippen LogP contribution in [0.4, 0.5) is 0 Å². The Labute approximate surface area is 127 Å². The first-order valence-corrected chi connectivity index (χ1v) is 7.95. The molecule has 0 spiro atoms. The fraction of sp³-hybridized carbons (Fsp3) is 0.526. The van der Waals surface area contributed by atoms with Crippen molar-refractivity contribution in [2.24, 2.45) is 5.92 Å². The molecule has 2 aliphatic carbocycles. The van der Waals surface area contributed by atoms with Gasteiger partial charge in [-0.15, -0.1) is 0 Å². The van der Waals surface area contributed by atoms with E-state index in [-0.39, 0.29) is 17.3 Å². The van der Waals surface area contributed by atoms with E-state index >= 15 is 0 Å². The predicted octanol–water partition coefficient (Wildman–Crippen LogP) is 4.64. The Hall–Kier alpha value is -1.57. The van der Waals surface area contributed by atoms with Crippen molar-refractivity contribution in [2.45, 2.75) is 59.0 Å². The fourth-order valence-electron chi connectivity index (χ4n) is 3.73. The van der Waals surface area contributed by atoms with E-state index in [1.807, 2.05) is 6.92 Å². The molecule has 21 heavy (non-hydrogen) atoms. The zero-order valence-corrected chi connectivity index (χ0v) is 13.5. The smallest absolute Gasteiger partial charge is 0.169 e. The molecular weight excluding hydrogens is 260 g/mol. The number of Topliss-reactive ketones (excluding diaryl/α,β-unsaturated/α-hetero) is 1. The second kappa shape index (κ2) is 5.01. The zero-order chi connectivity index (χ0) is 15.2. The van der Waals surface area contributed by atoms with Crippen molar-refractivity contribution in [3.8, 4) is 0 Å². The Balaban J connectivity index is 2.06. The van der Waals surface area contributed by atoms with Gasteiger partial charge < -0.3 is 4.74 Å². The summed E-state index contributed by atoms with van der Waals surface area (Å²) in [5, 5.41) is 0. The maximum atomic E-state index is 12.6. The molecule has 2 unspecified atom stereocenters. The van der Waals surface area contributed by atoms with Gasteiger partial charge in [0.05, 0.1) is 0 Å². The van der Waals surface area contributed by atoms with Gasteiger partial charge in [-0.05, 0) is 58.1 Å². The number of ether oxygens (including phenoxy) is 1. The highest BCUT2D eigenvalue weighted by Gasteiger charge is 2.41. The average molecular weight is 284 g/mol. The Bertz CT molecular complexity index is 611. The summed E-state index contributed by atoms with van der Waals surface area (Å²) < 4.78 is 6.35. The molecule has 0 amide bonds. The van der Waals surface area contributed by atoms with Crippen LogP contribution in [0.5, 0.6) is 0 Å². The van der Waals surface area contributed by atoms with E-state index in [0.29, 0.717) is 0 Å². The monoisotopic (exact) mass is 284 g/mol. The van der Waals surface area contributed by atoms with Crippen LogP contribution >= 0.6 is 0 Å². The van der Waals surface area contributed by atoms with Crippen LogP contribution in [-0.4, -0.2) is 11.4 Å². The maximum Gasteiger partial charge on any atom is 0.169 e. The average Bonchev–Trinajstić information content (AvgIpc) is 2.43. The molecule has 3 rings (SSSR count). The third-order valence-corrected chi connectivity index (χ3v) is 4.67. The van der Waals surface area contributed by atoms with Crippen LogP contribution in [0.2, 0.25) is 0 Å². The summed E-state index contributed by atoms with van der Waals surface area (Å²) >= 11 is 0. The summed E-state index contributed by atoms with van der Waals surface area (Å²) in [6, 6.07) is 0. The molecule has 2 atom stereocenters. The molecule has 0 N–H and O–H groups in total. The molecule has 1 aliphatic heterocycles. The minimum absolute atomic E-state index is 0.00768.